The monoisotopic (exact) mass is 412 g/mol. The molecule has 0 radical (unpaired) electrons. The molecule has 3 rings (SSSR count). The van der Waals surface area contributed by atoms with Crippen molar-refractivity contribution >= 4 is 11.9 Å². The summed E-state index contributed by atoms with van der Waals surface area (Å²) in [5, 5.41) is 21.6. The number of benzene rings is 3. The zero-order valence-corrected chi connectivity index (χ0v) is 17.2. The number of nitrogens with zero attached hydrogens (tertiary/aromatic N) is 1. The Hall–Kier alpha value is -3.91. The summed E-state index contributed by atoms with van der Waals surface area (Å²) in [6.07, 6.45) is 0.0199. The Bertz CT molecular complexity index is 963. The number of aliphatic carboxylic acids is 1. The molecule has 0 aliphatic heterocycles. The van der Waals surface area contributed by atoms with Gasteiger partial charge in [-0.2, -0.15) is 5.26 Å². The number of hydrogen-bond acceptors (Lipinski definition) is 3. The van der Waals surface area contributed by atoms with Gasteiger partial charge in [0, 0.05) is 5.92 Å². The molecule has 0 aliphatic rings. The second-order valence-corrected chi connectivity index (χ2v) is 7.48. The third-order valence-corrected chi connectivity index (χ3v) is 5.37. The molecule has 31 heavy (non-hydrogen) atoms. The molecule has 0 aliphatic carbocycles. The molecular formula is C26H24N2O3. The Morgan fingerprint density at radius 3 is 1.58 bits per heavy atom. The average molecular weight is 412 g/mol. The number of carboxylic acid groups (broad SMARTS) is 1. The van der Waals surface area contributed by atoms with Crippen molar-refractivity contribution < 1.29 is 14.7 Å². The molecule has 0 unspecified atom stereocenters. The largest absolute Gasteiger partial charge is 0.480 e. The number of carbonyl (C=O) groups is 2. The predicted octanol–water partition coefficient (Wildman–Crippen LogP) is 4.14. The van der Waals surface area contributed by atoms with Crippen molar-refractivity contribution in [3.8, 4) is 6.07 Å². The number of carboxylic acids is 1. The Morgan fingerprint density at radius 2 is 1.26 bits per heavy atom. The van der Waals surface area contributed by atoms with E-state index in [1.165, 1.54) is 0 Å². The highest BCUT2D eigenvalue weighted by Crippen LogP contribution is 2.39. The molecule has 156 valence electrons. The van der Waals surface area contributed by atoms with Crippen LogP contribution in [0.15, 0.2) is 91.0 Å². The molecule has 0 fully saturated rings. The topological polar surface area (TPSA) is 90.2 Å². The Labute approximate surface area is 182 Å². The minimum Gasteiger partial charge on any atom is -0.480 e. The van der Waals surface area contributed by atoms with E-state index < -0.39 is 29.3 Å². The molecule has 0 saturated heterocycles. The maximum Gasteiger partial charge on any atom is 0.326 e. The third-order valence-electron chi connectivity index (χ3n) is 5.37. The highest BCUT2D eigenvalue weighted by molar-refractivity contribution is 5.98. The van der Waals surface area contributed by atoms with Crippen molar-refractivity contribution in [1.82, 2.24) is 5.32 Å². The van der Waals surface area contributed by atoms with Crippen LogP contribution in [0.3, 0.4) is 0 Å². The molecule has 2 N–H and O–H groups in total. The molecule has 0 aromatic heterocycles. The van der Waals surface area contributed by atoms with Crippen molar-refractivity contribution in [2.75, 3.05) is 0 Å². The fourth-order valence-electron chi connectivity index (χ4n) is 3.85. The highest BCUT2D eigenvalue weighted by atomic mass is 16.4. The highest BCUT2D eigenvalue weighted by Gasteiger charge is 2.45. The Morgan fingerprint density at radius 1 is 0.871 bits per heavy atom. The van der Waals surface area contributed by atoms with Crippen LogP contribution in [0.1, 0.15) is 30.0 Å². The summed E-state index contributed by atoms with van der Waals surface area (Å²) in [6, 6.07) is 28.8. The Kier molecular flexibility index (Phi) is 6.84. The second kappa shape index (κ2) is 9.73. The number of hydrogen-bond donors (Lipinski definition) is 2. The molecule has 0 bridgehead atoms. The van der Waals surface area contributed by atoms with Crippen LogP contribution >= 0.6 is 0 Å². The predicted molar refractivity (Wildman–Crippen MR) is 118 cm³/mol. The summed E-state index contributed by atoms with van der Waals surface area (Å²) >= 11 is 0. The molecule has 1 amide bonds. The van der Waals surface area contributed by atoms with Crippen LogP contribution in [0.2, 0.25) is 0 Å². The minimum absolute atomic E-state index is 0.0199. The number of carbonyl (C=O) groups excluding carboxylic acids is 1. The third kappa shape index (κ3) is 4.49. The van der Waals surface area contributed by atoms with Gasteiger partial charge in [0.05, 0.1) is 6.07 Å². The summed E-state index contributed by atoms with van der Waals surface area (Å²) in [7, 11) is 0. The quantitative estimate of drug-likeness (QED) is 0.544. The van der Waals surface area contributed by atoms with Gasteiger partial charge in [0.15, 0.2) is 0 Å². The van der Waals surface area contributed by atoms with Crippen LogP contribution < -0.4 is 5.32 Å². The summed E-state index contributed by atoms with van der Waals surface area (Å²) < 4.78 is 0. The summed E-state index contributed by atoms with van der Waals surface area (Å²) in [6.45, 7) is 1.64. The van der Waals surface area contributed by atoms with Crippen molar-refractivity contribution in [3.63, 3.8) is 0 Å². The van der Waals surface area contributed by atoms with E-state index in [9.17, 15) is 14.7 Å². The van der Waals surface area contributed by atoms with Crippen LogP contribution in [-0.4, -0.2) is 23.0 Å². The van der Waals surface area contributed by atoms with E-state index in [-0.39, 0.29) is 6.42 Å². The van der Waals surface area contributed by atoms with Crippen LogP contribution in [0.4, 0.5) is 0 Å². The van der Waals surface area contributed by atoms with Crippen molar-refractivity contribution in [1.29, 1.82) is 5.26 Å². The van der Waals surface area contributed by atoms with Gasteiger partial charge in [0.25, 0.3) is 0 Å². The molecule has 5 nitrogen and oxygen atoms in total. The van der Waals surface area contributed by atoms with Gasteiger partial charge in [-0.3, -0.25) is 4.79 Å². The summed E-state index contributed by atoms with van der Waals surface area (Å²) in [4.78, 5) is 25.9. The lowest BCUT2D eigenvalue weighted by Crippen LogP contribution is -2.52. The van der Waals surface area contributed by atoms with E-state index >= 15 is 0 Å². The van der Waals surface area contributed by atoms with Gasteiger partial charge in [0.1, 0.15) is 11.5 Å². The lowest BCUT2D eigenvalue weighted by molar-refractivity contribution is -0.142. The van der Waals surface area contributed by atoms with Crippen LogP contribution in [0.5, 0.6) is 0 Å². The first-order chi connectivity index (χ1) is 15.0. The zero-order valence-electron chi connectivity index (χ0n) is 17.2. The van der Waals surface area contributed by atoms with Gasteiger partial charge in [-0.1, -0.05) is 91.0 Å². The molecule has 0 saturated carbocycles. The molecule has 0 spiro atoms. The van der Waals surface area contributed by atoms with Gasteiger partial charge < -0.3 is 10.4 Å². The minimum atomic E-state index is -1.26. The lowest BCUT2D eigenvalue weighted by Gasteiger charge is -2.35. The van der Waals surface area contributed by atoms with E-state index in [1.54, 1.807) is 6.92 Å². The fraction of sp³-hybridized carbons (Fsp3) is 0.192. The van der Waals surface area contributed by atoms with E-state index in [0.717, 1.165) is 16.7 Å². The van der Waals surface area contributed by atoms with Crippen LogP contribution in [0, 0.1) is 17.2 Å². The first-order valence-corrected chi connectivity index (χ1v) is 10.1. The van der Waals surface area contributed by atoms with Gasteiger partial charge in [-0.25, -0.2) is 4.79 Å². The average Bonchev–Trinajstić information content (AvgIpc) is 2.81. The first-order valence-electron chi connectivity index (χ1n) is 10.1. The van der Waals surface area contributed by atoms with Crippen molar-refractivity contribution in [3.05, 3.63) is 108 Å². The van der Waals surface area contributed by atoms with Crippen molar-refractivity contribution in [2.24, 2.45) is 5.92 Å². The number of nitrogens with one attached hydrogen (secondary N) is 1. The van der Waals surface area contributed by atoms with Gasteiger partial charge >= 0.3 is 5.97 Å². The van der Waals surface area contributed by atoms with Gasteiger partial charge in [0.2, 0.25) is 5.91 Å². The van der Waals surface area contributed by atoms with E-state index in [1.807, 2.05) is 97.1 Å². The molecule has 3 aromatic carbocycles. The number of nitriles is 1. The molecule has 0 heterocycles. The van der Waals surface area contributed by atoms with Gasteiger partial charge in [-0.15, -0.1) is 0 Å². The van der Waals surface area contributed by atoms with E-state index in [4.69, 9.17) is 5.26 Å². The van der Waals surface area contributed by atoms with Crippen LogP contribution in [-0.2, 0) is 15.0 Å². The lowest BCUT2D eigenvalue weighted by atomic mass is 9.68. The van der Waals surface area contributed by atoms with Crippen LogP contribution in [0.25, 0.3) is 0 Å². The standard InChI is InChI=1S/C26H24N2O3/c1-19(18-27)17-23(24(29)30)28-25(31)26(20-11-5-2-6-12-20,21-13-7-3-8-14-21)22-15-9-4-10-16-22/h2-16,19,23H,17H2,1H3,(H,28,31)(H,29,30)/t19-,23-/m1/s1. The second-order valence-electron chi connectivity index (χ2n) is 7.48. The maximum absolute atomic E-state index is 14.0. The normalized spacial score (nSPS) is 12.9. The fourth-order valence-corrected chi connectivity index (χ4v) is 3.85. The van der Waals surface area contributed by atoms with Gasteiger partial charge in [-0.05, 0) is 30.0 Å². The number of rotatable bonds is 8. The smallest absolute Gasteiger partial charge is 0.326 e. The molecule has 3 aromatic rings. The number of amides is 1. The summed E-state index contributed by atoms with van der Waals surface area (Å²) in [5.41, 5.74) is 0.917. The maximum atomic E-state index is 14.0. The zero-order chi connectivity index (χ0) is 22.3. The van der Waals surface area contributed by atoms with E-state index in [0.29, 0.717) is 0 Å². The summed E-state index contributed by atoms with van der Waals surface area (Å²) in [5.74, 6) is -2.13. The SMILES string of the molecule is C[C@@H](C#N)C[C@@H](NC(=O)C(c1ccccc1)(c1ccccc1)c1ccccc1)C(=O)O. The molecule has 5 heteroatoms. The molecule has 2 atom stereocenters. The van der Waals surface area contributed by atoms with Crippen molar-refractivity contribution in [2.45, 2.75) is 24.8 Å². The van der Waals surface area contributed by atoms with E-state index in [2.05, 4.69) is 5.32 Å². The Balaban J connectivity index is 2.21. The molecular weight excluding hydrogens is 388 g/mol. The first kappa shape index (κ1) is 21.8.